The van der Waals surface area contributed by atoms with Crippen LogP contribution in [0.5, 0.6) is 0 Å². The highest BCUT2D eigenvalue weighted by molar-refractivity contribution is 6.39. The van der Waals surface area contributed by atoms with Gasteiger partial charge in [-0.3, -0.25) is 10.1 Å². The first kappa shape index (κ1) is 24.1. The topological polar surface area (TPSA) is 74.3 Å². The van der Waals surface area contributed by atoms with E-state index >= 15 is 0 Å². The lowest BCUT2D eigenvalue weighted by Gasteiger charge is -2.24. The van der Waals surface area contributed by atoms with Crippen molar-refractivity contribution < 1.29 is 4.92 Å². The van der Waals surface area contributed by atoms with Crippen LogP contribution in [-0.4, -0.2) is 43.6 Å². The van der Waals surface area contributed by atoms with E-state index in [9.17, 15) is 10.1 Å². The molecule has 0 saturated heterocycles. The summed E-state index contributed by atoms with van der Waals surface area (Å²) in [6, 6.07) is 10.1. The van der Waals surface area contributed by atoms with E-state index in [1.807, 2.05) is 38.4 Å². The van der Waals surface area contributed by atoms with Crippen LogP contribution in [-0.2, 0) is 0 Å². The molecule has 0 aromatic heterocycles. The molecule has 0 aliphatic rings. The molecule has 28 heavy (non-hydrogen) atoms. The Bertz CT molecular complexity index is 805. The van der Waals surface area contributed by atoms with Crippen molar-refractivity contribution in [3.05, 3.63) is 56.6 Å². The predicted octanol–water partition coefficient (Wildman–Crippen LogP) is 6.13. The summed E-state index contributed by atoms with van der Waals surface area (Å²) in [7, 11) is 4.09. The molecule has 0 atom stereocenters. The van der Waals surface area contributed by atoms with E-state index in [2.05, 4.69) is 27.0 Å². The number of likely N-dealkylation sites (N-methyl/N-ethyl adjacent to an activating group) is 2. The highest BCUT2D eigenvalue weighted by Crippen LogP contribution is 2.37. The number of nitro benzene ring substituents is 1. The minimum Gasteiger partial charge on any atom is -0.371 e. The van der Waals surface area contributed by atoms with Gasteiger partial charge in [-0.2, -0.15) is 5.11 Å². The summed E-state index contributed by atoms with van der Waals surface area (Å²) < 4.78 is 0. The molecule has 0 radical (unpaired) electrons. The SMILES string of the molecule is CCN(CCN(C)C)c1ccc(N=Nc2c(Cl)cc([N+](=O)[O-])cc2Cl)cc1.Cl. The van der Waals surface area contributed by atoms with Gasteiger partial charge in [0.15, 0.2) is 0 Å². The maximum atomic E-state index is 10.8. The van der Waals surface area contributed by atoms with E-state index in [4.69, 9.17) is 23.2 Å². The van der Waals surface area contributed by atoms with Gasteiger partial charge in [0.25, 0.3) is 5.69 Å². The normalized spacial score (nSPS) is 10.9. The van der Waals surface area contributed by atoms with Gasteiger partial charge in [-0.1, -0.05) is 23.2 Å². The lowest BCUT2D eigenvalue weighted by atomic mass is 10.2. The third-order valence-electron chi connectivity index (χ3n) is 3.89. The largest absolute Gasteiger partial charge is 0.371 e. The first-order valence-electron chi connectivity index (χ1n) is 8.36. The molecule has 0 unspecified atom stereocenters. The molecular formula is C18H22Cl3N5O2. The Hall–Kier alpha value is -1.93. The van der Waals surface area contributed by atoms with Crippen LogP contribution < -0.4 is 4.90 Å². The molecule has 0 heterocycles. The molecule has 0 saturated carbocycles. The van der Waals surface area contributed by atoms with Gasteiger partial charge < -0.3 is 9.80 Å². The van der Waals surface area contributed by atoms with Gasteiger partial charge in [0.1, 0.15) is 5.69 Å². The lowest BCUT2D eigenvalue weighted by molar-refractivity contribution is -0.384. The number of nitrogens with zero attached hydrogens (tertiary/aromatic N) is 5. The van der Waals surface area contributed by atoms with Crippen molar-refractivity contribution >= 4 is 58.4 Å². The van der Waals surface area contributed by atoms with Gasteiger partial charge in [0.05, 0.1) is 20.7 Å². The lowest BCUT2D eigenvalue weighted by Crippen LogP contribution is -2.31. The molecule has 7 nitrogen and oxygen atoms in total. The van der Waals surface area contributed by atoms with Gasteiger partial charge in [0, 0.05) is 37.5 Å². The number of halogens is 3. The molecule has 0 amide bonds. The van der Waals surface area contributed by atoms with Crippen molar-refractivity contribution in [1.29, 1.82) is 0 Å². The summed E-state index contributed by atoms with van der Waals surface area (Å²) in [6.45, 7) is 4.91. The van der Waals surface area contributed by atoms with Crippen LogP contribution in [0.3, 0.4) is 0 Å². The Morgan fingerprint density at radius 3 is 2.07 bits per heavy atom. The zero-order valence-electron chi connectivity index (χ0n) is 15.8. The molecule has 0 N–H and O–H groups in total. The molecule has 0 aliphatic carbocycles. The maximum Gasteiger partial charge on any atom is 0.272 e. The van der Waals surface area contributed by atoms with Crippen LogP contribution >= 0.6 is 35.6 Å². The average molecular weight is 447 g/mol. The van der Waals surface area contributed by atoms with Crippen LogP contribution in [0.2, 0.25) is 10.0 Å². The smallest absolute Gasteiger partial charge is 0.272 e. The minimum atomic E-state index is -0.562. The molecule has 0 aliphatic heterocycles. The van der Waals surface area contributed by atoms with E-state index in [1.54, 1.807) is 0 Å². The quantitative estimate of drug-likeness (QED) is 0.278. The molecule has 2 aromatic rings. The van der Waals surface area contributed by atoms with Gasteiger partial charge in [-0.25, -0.2) is 0 Å². The van der Waals surface area contributed by atoms with E-state index in [0.29, 0.717) is 5.69 Å². The Kier molecular flexibility index (Phi) is 9.61. The van der Waals surface area contributed by atoms with E-state index < -0.39 is 4.92 Å². The Balaban J connectivity index is 0.00000392. The third-order valence-corrected chi connectivity index (χ3v) is 4.47. The predicted molar refractivity (Wildman–Crippen MR) is 117 cm³/mol. The Morgan fingerprint density at radius 2 is 1.61 bits per heavy atom. The van der Waals surface area contributed by atoms with E-state index in [-0.39, 0.29) is 33.8 Å². The number of anilines is 1. The summed E-state index contributed by atoms with van der Waals surface area (Å²) in [5.74, 6) is 0. The zero-order chi connectivity index (χ0) is 20.0. The number of hydrogen-bond donors (Lipinski definition) is 0. The van der Waals surface area contributed by atoms with Crippen molar-refractivity contribution in [2.45, 2.75) is 6.92 Å². The van der Waals surface area contributed by atoms with Gasteiger partial charge in [0.2, 0.25) is 0 Å². The fourth-order valence-corrected chi connectivity index (χ4v) is 2.93. The standard InChI is InChI=1S/C18H21Cl2N5O2.ClH/c1-4-24(10-9-23(2)3)14-7-5-13(6-8-14)21-22-18-16(19)11-15(25(26)27)12-17(18)20;/h5-8,11-12H,4,9-10H2,1-3H3;1H. The summed E-state index contributed by atoms with van der Waals surface area (Å²) in [5.41, 5.74) is 1.75. The summed E-state index contributed by atoms with van der Waals surface area (Å²) in [6.07, 6.45) is 0. The zero-order valence-corrected chi connectivity index (χ0v) is 18.1. The number of non-ortho nitro benzene ring substituents is 1. The van der Waals surface area contributed by atoms with Crippen LogP contribution in [0.4, 0.5) is 22.7 Å². The van der Waals surface area contributed by atoms with Crippen molar-refractivity contribution in [1.82, 2.24) is 4.90 Å². The Labute approximate surface area is 180 Å². The van der Waals surface area contributed by atoms with Crippen LogP contribution in [0.15, 0.2) is 46.6 Å². The molecule has 0 fully saturated rings. The average Bonchev–Trinajstić information content (AvgIpc) is 2.62. The van der Waals surface area contributed by atoms with Crippen LogP contribution in [0.1, 0.15) is 6.92 Å². The van der Waals surface area contributed by atoms with Gasteiger partial charge in [-0.15, -0.1) is 17.5 Å². The minimum absolute atomic E-state index is 0. The van der Waals surface area contributed by atoms with Crippen molar-refractivity contribution in [3.8, 4) is 0 Å². The molecular weight excluding hydrogens is 425 g/mol. The number of azo groups is 1. The number of benzene rings is 2. The van der Waals surface area contributed by atoms with E-state index in [0.717, 1.165) is 25.3 Å². The monoisotopic (exact) mass is 445 g/mol. The molecule has 10 heteroatoms. The molecule has 2 aromatic carbocycles. The van der Waals surface area contributed by atoms with Gasteiger partial charge >= 0.3 is 0 Å². The summed E-state index contributed by atoms with van der Waals surface area (Å²) in [5, 5.41) is 19.2. The van der Waals surface area contributed by atoms with Crippen molar-refractivity contribution in [2.24, 2.45) is 10.2 Å². The van der Waals surface area contributed by atoms with Crippen LogP contribution in [0.25, 0.3) is 0 Å². The second kappa shape index (κ2) is 11.2. The maximum absolute atomic E-state index is 10.8. The summed E-state index contributed by atoms with van der Waals surface area (Å²) in [4.78, 5) is 14.7. The molecule has 152 valence electrons. The highest BCUT2D eigenvalue weighted by atomic mass is 35.5. The van der Waals surface area contributed by atoms with E-state index in [1.165, 1.54) is 12.1 Å². The number of nitro groups is 1. The second-order valence-electron chi connectivity index (χ2n) is 6.11. The molecule has 0 bridgehead atoms. The third kappa shape index (κ3) is 6.60. The highest BCUT2D eigenvalue weighted by Gasteiger charge is 2.14. The fraction of sp³-hybridized carbons (Fsp3) is 0.333. The number of rotatable bonds is 8. The molecule has 2 rings (SSSR count). The first-order valence-corrected chi connectivity index (χ1v) is 9.12. The van der Waals surface area contributed by atoms with Crippen molar-refractivity contribution in [2.75, 3.05) is 38.6 Å². The first-order chi connectivity index (χ1) is 12.8. The van der Waals surface area contributed by atoms with Crippen molar-refractivity contribution in [3.63, 3.8) is 0 Å². The van der Waals surface area contributed by atoms with Crippen LogP contribution in [0, 0.1) is 10.1 Å². The van der Waals surface area contributed by atoms with Gasteiger partial charge in [-0.05, 0) is 45.3 Å². The fourth-order valence-electron chi connectivity index (χ4n) is 2.38. The Morgan fingerprint density at radius 1 is 1.04 bits per heavy atom. The number of hydrogen-bond acceptors (Lipinski definition) is 6. The molecule has 0 spiro atoms. The summed E-state index contributed by atoms with van der Waals surface area (Å²) >= 11 is 12.1. The second-order valence-corrected chi connectivity index (χ2v) is 6.93.